The molecule has 0 bridgehead atoms. The van der Waals surface area contributed by atoms with Crippen molar-refractivity contribution in [3.8, 4) is 6.07 Å². The van der Waals surface area contributed by atoms with Crippen LogP contribution in [0.15, 0.2) is 36.4 Å². The van der Waals surface area contributed by atoms with Crippen molar-refractivity contribution in [3.63, 3.8) is 0 Å². The summed E-state index contributed by atoms with van der Waals surface area (Å²) < 4.78 is 26.6. The molecule has 3 nitrogen and oxygen atoms in total. The van der Waals surface area contributed by atoms with Crippen molar-refractivity contribution >= 4 is 23.1 Å². The first-order valence-electron chi connectivity index (χ1n) is 6.19. The molecule has 0 fully saturated rings. The number of aromatic amines is 1. The van der Waals surface area contributed by atoms with Crippen molar-refractivity contribution in [3.05, 3.63) is 64.9 Å². The summed E-state index contributed by atoms with van der Waals surface area (Å²) in [6, 6.07) is 10.6. The topological polar surface area (TPSA) is 52.5 Å². The van der Waals surface area contributed by atoms with Gasteiger partial charge in [0.05, 0.1) is 16.8 Å². The molecule has 21 heavy (non-hydrogen) atoms. The third kappa shape index (κ3) is 2.51. The molecular formula is C16H9F2N3. The summed E-state index contributed by atoms with van der Waals surface area (Å²) in [5.74, 6) is -0.910. The normalized spacial score (nSPS) is 11.1. The molecule has 3 aromatic rings. The highest BCUT2D eigenvalue weighted by Crippen LogP contribution is 2.22. The Bertz CT molecular complexity index is 888. The van der Waals surface area contributed by atoms with Gasteiger partial charge in [0, 0.05) is 11.5 Å². The second-order valence-electron chi connectivity index (χ2n) is 4.49. The monoisotopic (exact) mass is 281 g/mol. The van der Waals surface area contributed by atoms with E-state index in [9.17, 15) is 8.78 Å². The molecule has 3 rings (SSSR count). The summed E-state index contributed by atoms with van der Waals surface area (Å²) in [7, 11) is 0. The maximum Gasteiger partial charge on any atom is 0.143 e. The Morgan fingerprint density at radius 3 is 2.76 bits per heavy atom. The fourth-order valence-electron chi connectivity index (χ4n) is 2.06. The van der Waals surface area contributed by atoms with Gasteiger partial charge in [0.25, 0.3) is 0 Å². The zero-order chi connectivity index (χ0) is 14.8. The minimum atomic E-state index is -0.589. The minimum absolute atomic E-state index is 0.0377. The van der Waals surface area contributed by atoms with Gasteiger partial charge in [0.15, 0.2) is 0 Å². The molecule has 0 saturated heterocycles. The van der Waals surface area contributed by atoms with Crippen LogP contribution in [0.25, 0.3) is 23.1 Å². The van der Waals surface area contributed by atoms with Gasteiger partial charge in [-0.25, -0.2) is 8.78 Å². The van der Waals surface area contributed by atoms with Gasteiger partial charge in [0.1, 0.15) is 17.7 Å². The SMILES string of the molecule is N#Cc1cc2c(C=Cc3cccc(F)c3)n[nH]c2cc1F. The number of nitrogens with zero attached hydrogens (tertiary/aromatic N) is 2. The second-order valence-corrected chi connectivity index (χ2v) is 4.49. The molecule has 0 aliphatic heterocycles. The quantitative estimate of drug-likeness (QED) is 0.775. The van der Waals surface area contributed by atoms with Crippen LogP contribution in [0.2, 0.25) is 0 Å². The Balaban J connectivity index is 2.03. The highest BCUT2D eigenvalue weighted by Gasteiger charge is 2.08. The van der Waals surface area contributed by atoms with Gasteiger partial charge in [-0.05, 0) is 29.8 Å². The third-order valence-corrected chi connectivity index (χ3v) is 3.08. The van der Waals surface area contributed by atoms with Gasteiger partial charge < -0.3 is 0 Å². The predicted octanol–water partition coefficient (Wildman–Crippen LogP) is 3.88. The number of H-pyrrole nitrogens is 1. The number of hydrogen-bond acceptors (Lipinski definition) is 2. The Labute approximate surface area is 119 Å². The molecule has 102 valence electrons. The molecule has 0 radical (unpaired) electrons. The highest BCUT2D eigenvalue weighted by atomic mass is 19.1. The molecule has 0 unspecified atom stereocenters. The summed E-state index contributed by atoms with van der Waals surface area (Å²) in [5.41, 5.74) is 1.72. The third-order valence-electron chi connectivity index (χ3n) is 3.08. The predicted molar refractivity (Wildman–Crippen MR) is 76.1 cm³/mol. The van der Waals surface area contributed by atoms with Gasteiger partial charge in [-0.3, -0.25) is 5.10 Å². The molecule has 2 aromatic carbocycles. The standard InChI is InChI=1S/C16H9F2N3/c17-12-3-1-2-10(6-12)4-5-15-13-7-11(9-19)14(18)8-16(13)21-20-15/h1-8H,(H,20,21). The van der Waals surface area contributed by atoms with Crippen LogP contribution in [0.1, 0.15) is 16.8 Å². The van der Waals surface area contributed by atoms with E-state index >= 15 is 0 Å². The molecule has 0 saturated carbocycles. The van der Waals surface area contributed by atoms with Crippen LogP contribution in [0.3, 0.4) is 0 Å². The van der Waals surface area contributed by atoms with Crippen molar-refractivity contribution < 1.29 is 8.78 Å². The van der Waals surface area contributed by atoms with E-state index in [0.29, 0.717) is 22.2 Å². The molecule has 0 aliphatic carbocycles. The second kappa shape index (κ2) is 5.17. The van der Waals surface area contributed by atoms with Crippen LogP contribution in [-0.2, 0) is 0 Å². The number of halogens is 2. The Morgan fingerprint density at radius 2 is 2.00 bits per heavy atom. The van der Waals surface area contributed by atoms with Crippen molar-refractivity contribution in [1.82, 2.24) is 10.2 Å². The summed E-state index contributed by atoms with van der Waals surface area (Å²) in [6.45, 7) is 0. The maximum absolute atomic E-state index is 13.5. The van der Waals surface area contributed by atoms with E-state index in [2.05, 4.69) is 10.2 Å². The van der Waals surface area contributed by atoms with E-state index in [4.69, 9.17) is 5.26 Å². The lowest BCUT2D eigenvalue weighted by Gasteiger charge is -1.95. The number of fused-ring (bicyclic) bond motifs is 1. The van der Waals surface area contributed by atoms with Crippen LogP contribution < -0.4 is 0 Å². The van der Waals surface area contributed by atoms with E-state index in [1.807, 2.05) is 0 Å². The minimum Gasteiger partial charge on any atom is -0.277 e. The molecule has 1 N–H and O–H groups in total. The Hall–Kier alpha value is -3.00. The van der Waals surface area contributed by atoms with Crippen LogP contribution in [0, 0.1) is 23.0 Å². The summed E-state index contributed by atoms with van der Waals surface area (Å²) in [4.78, 5) is 0. The lowest BCUT2D eigenvalue weighted by molar-refractivity contribution is 0.625. The molecule has 0 atom stereocenters. The fraction of sp³-hybridized carbons (Fsp3) is 0. The number of benzene rings is 2. The maximum atomic E-state index is 13.5. The number of nitrogens with one attached hydrogen (secondary N) is 1. The van der Waals surface area contributed by atoms with Crippen LogP contribution in [-0.4, -0.2) is 10.2 Å². The fourth-order valence-corrected chi connectivity index (χ4v) is 2.06. The molecule has 1 heterocycles. The average molecular weight is 281 g/mol. The lowest BCUT2D eigenvalue weighted by atomic mass is 10.1. The first-order valence-corrected chi connectivity index (χ1v) is 6.19. The number of nitriles is 1. The summed E-state index contributed by atoms with van der Waals surface area (Å²) >= 11 is 0. The average Bonchev–Trinajstić information content (AvgIpc) is 2.86. The number of aromatic nitrogens is 2. The molecule has 5 heteroatoms. The van der Waals surface area contributed by atoms with E-state index in [0.717, 1.165) is 0 Å². The first-order chi connectivity index (χ1) is 10.2. The van der Waals surface area contributed by atoms with Crippen LogP contribution >= 0.6 is 0 Å². The molecule has 1 aromatic heterocycles. The largest absolute Gasteiger partial charge is 0.277 e. The van der Waals surface area contributed by atoms with Crippen molar-refractivity contribution in [2.75, 3.05) is 0 Å². The van der Waals surface area contributed by atoms with Crippen molar-refractivity contribution in [2.45, 2.75) is 0 Å². The Kier molecular flexibility index (Phi) is 3.20. The van der Waals surface area contributed by atoms with E-state index in [1.165, 1.54) is 24.3 Å². The smallest absolute Gasteiger partial charge is 0.143 e. The zero-order valence-corrected chi connectivity index (χ0v) is 10.8. The lowest BCUT2D eigenvalue weighted by Crippen LogP contribution is -1.83. The van der Waals surface area contributed by atoms with Gasteiger partial charge in [-0.15, -0.1) is 0 Å². The van der Waals surface area contributed by atoms with Crippen molar-refractivity contribution in [1.29, 1.82) is 5.26 Å². The molecular weight excluding hydrogens is 272 g/mol. The summed E-state index contributed by atoms with van der Waals surface area (Å²) in [5, 5.41) is 16.3. The van der Waals surface area contributed by atoms with Gasteiger partial charge in [-0.1, -0.05) is 18.2 Å². The van der Waals surface area contributed by atoms with E-state index in [-0.39, 0.29) is 11.4 Å². The van der Waals surface area contributed by atoms with Gasteiger partial charge in [0.2, 0.25) is 0 Å². The summed E-state index contributed by atoms with van der Waals surface area (Å²) in [6.07, 6.45) is 3.39. The van der Waals surface area contributed by atoms with Crippen LogP contribution in [0.4, 0.5) is 8.78 Å². The molecule has 0 spiro atoms. The van der Waals surface area contributed by atoms with E-state index in [1.54, 1.807) is 30.4 Å². The van der Waals surface area contributed by atoms with Gasteiger partial charge in [-0.2, -0.15) is 10.4 Å². The zero-order valence-electron chi connectivity index (χ0n) is 10.8. The van der Waals surface area contributed by atoms with Crippen molar-refractivity contribution in [2.24, 2.45) is 0 Å². The highest BCUT2D eigenvalue weighted by molar-refractivity contribution is 5.90. The van der Waals surface area contributed by atoms with Gasteiger partial charge >= 0.3 is 0 Å². The first kappa shape index (κ1) is 13.0. The number of hydrogen-bond donors (Lipinski definition) is 1. The molecule has 0 aliphatic rings. The Morgan fingerprint density at radius 1 is 1.14 bits per heavy atom. The van der Waals surface area contributed by atoms with Crippen LogP contribution in [0.5, 0.6) is 0 Å². The molecule has 0 amide bonds. The number of rotatable bonds is 2. The van der Waals surface area contributed by atoms with E-state index < -0.39 is 5.82 Å².